The maximum atomic E-state index is 8.80. The Bertz CT molecular complexity index is 168. The van der Waals surface area contributed by atoms with Gasteiger partial charge >= 0.3 is 0 Å². The van der Waals surface area contributed by atoms with Crippen molar-refractivity contribution in [2.45, 2.75) is 77.4 Å². The van der Waals surface area contributed by atoms with Gasteiger partial charge in [0.05, 0.1) is 0 Å². The van der Waals surface area contributed by atoms with Crippen molar-refractivity contribution in [2.24, 2.45) is 0 Å². The Morgan fingerprint density at radius 1 is 0.789 bits per heavy atom. The average Bonchev–Trinajstić information content (AvgIpc) is 2.30. The summed E-state index contributed by atoms with van der Waals surface area (Å²) in [5.74, 6) is 0. The molecule has 3 nitrogen and oxygen atoms in total. The van der Waals surface area contributed by atoms with Gasteiger partial charge in [0.1, 0.15) is 0 Å². The molecular formula is C15H34BrNO2. The highest BCUT2D eigenvalue weighted by molar-refractivity contribution is 8.93. The summed E-state index contributed by atoms with van der Waals surface area (Å²) >= 11 is 0. The zero-order valence-corrected chi connectivity index (χ0v) is 14.5. The lowest BCUT2D eigenvalue weighted by molar-refractivity contribution is -0.0573. The largest absolute Gasteiger partial charge is 0.367 e. The SMILES string of the molecule is Br.CCCCCCCCCCCCN(C)CC(O)O. The van der Waals surface area contributed by atoms with E-state index in [-0.39, 0.29) is 17.0 Å². The highest BCUT2D eigenvalue weighted by Gasteiger charge is 2.02. The minimum Gasteiger partial charge on any atom is -0.367 e. The highest BCUT2D eigenvalue weighted by Crippen LogP contribution is 2.10. The first-order chi connectivity index (χ1) is 8.66. The number of unbranched alkanes of at least 4 members (excludes halogenated alkanes) is 9. The predicted molar refractivity (Wildman–Crippen MR) is 87.9 cm³/mol. The van der Waals surface area contributed by atoms with Crippen LogP contribution in [0.1, 0.15) is 71.1 Å². The van der Waals surface area contributed by atoms with Crippen LogP contribution < -0.4 is 0 Å². The minimum atomic E-state index is -1.20. The van der Waals surface area contributed by atoms with Gasteiger partial charge in [-0.05, 0) is 20.0 Å². The van der Waals surface area contributed by atoms with Gasteiger partial charge < -0.3 is 15.1 Å². The Morgan fingerprint density at radius 2 is 1.21 bits per heavy atom. The van der Waals surface area contributed by atoms with Crippen molar-refractivity contribution in [3.63, 3.8) is 0 Å². The van der Waals surface area contributed by atoms with Gasteiger partial charge in [-0.3, -0.25) is 0 Å². The van der Waals surface area contributed by atoms with E-state index < -0.39 is 6.29 Å². The van der Waals surface area contributed by atoms with Crippen LogP contribution in [0.5, 0.6) is 0 Å². The van der Waals surface area contributed by atoms with E-state index >= 15 is 0 Å². The molecule has 0 saturated carbocycles. The lowest BCUT2D eigenvalue weighted by atomic mass is 10.1. The van der Waals surface area contributed by atoms with Crippen molar-refractivity contribution in [3.05, 3.63) is 0 Å². The van der Waals surface area contributed by atoms with E-state index in [0.29, 0.717) is 6.54 Å². The molecule has 0 aliphatic rings. The van der Waals surface area contributed by atoms with E-state index in [2.05, 4.69) is 6.92 Å². The Kier molecular flexibility index (Phi) is 18.7. The fraction of sp³-hybridized carbons (Fsp3) is 1.00. The first-order valence-corrected chi connectivity index (χ1v) is 7.71. The van der Waals surface area contributed by atoms with Crippen LogP contribution in [0, 0.1) is 0 Å². The summed E-state index contributed by atoms with van der Waals surface area (Å²) in [5.41, 5.74) is 0. The number of halogens is 1. The van der Waals surface area contributed by atoms with Crippen molar-refractivity contribution in [2.75, 3.05) is 20.1 Å². The molecule has 0 saturated heterocycles. The molecule has 19 heavy (non-hydrogen) atoms. The summed E-state index contributed by atoms with van der Waals surface area (Å²) in [6.07, 6.45) is 12.2. The molecule has 0 spiro atoms. The van der Waals surface area contributed by atoms with Gasteiger partial charge in [0.15, 0.2) is 6.29 Å². The second kappa shape index (κ2) is 16.4. The number of aliphatic hydroxyl groups is 2. The average molecular weight is 340 g/mol. The number of aliphatic hydroxyl groups excluding tert-OH is 1. The Morgan fingerprint density at radius 3 is 1.63 bits per heavy atom. The molecule has 0 unspecified atom stereocenters. The molecule has 2 N–H and O–H groups in total. The van der Waals surface area contributed by atoms with Crippen molar-refractivity contribution < 1.29 is 10.2 Å². The normalized spacial score (nSPS) is 11.1. The first kappa shape index (κ1) is 21.7. The maximum absolute atomic E-state index is 8.80. The van der Waals surface area contributed by atoms with Crippen molar-refractivity contribution in [1.29, 1.82) is 0 Å². The summed E-state index contributed by atoms with van der Waals surface area (Å²) in [6, 6.07) is 0. The summed E-state index contributed by atoms with van der Waals surface area (Å²) < 4.78 is 0. The van der Waals surface area contributed by atoms with Crippen molar-refractivity contribution in [3.8, 4) is 0 Å². The highest BCUT2D eigenvalue weighted by atomic mass is 79.9. The van der Waals surface area contributed by atoms with Crippen LogP contribution in [-0.4, -0.2) is 41.5 Å². The first-order valence-electron chi connectivity index (χ1n) is 7.71. The third-order valence-electron chi connectivity index (χ3n) is 3.37. The van der Waals surface area contributed by atoms with Gasteiger partial charge in [-0.1, -0.05) is 64.7 Å². The second-order valence-electron chi connectivity index (χ2n) is 5.42. The number of hydrogen-bond acceptors (Lipinski definition) is 3. The number of nitrogens with zero attached hydrogens (tertiary/aromatic N) is 1. The molecule has 0 heterocycles. The standard InChI is InChI=1S/C15H33NO2.BrH/c1-3-4-5-6-7-8-9-10-11-12-13-16(2)14-15(17)18;/h15,17-18H,3-14H2,1-2H3;1H. The number of rotatable bonds is 13. The van der Waals surface area contributed by atoms with E-state index in [0.717, 1.165) is 6.54 Å². The molecule has 0 aliphatic carbocycles. The predicted octanol–water partition coefficient (Wildman–Crippen LogP) is 3.73. The Balaban J connectivity index is 0. The van der Waals surface area contributed by atoms with Gasteiger partial charge in [0.2, 0.25) is 0 Å². The monoisotopic (exact) mass is 339 g/mol. The summed E-state index contributed by atoms with van der Waals surface area (Å²) in [5, 5.41) is 17.6. The van der Waals surface area contributed by atoms with Gasteiger partial charge in [0, 0.05) is 6.54 Å². The third kappa shape index (κ3) is 18.4. The molecule has 4 heteroatoms. The summed E-state index contributed by atoms with van der Waals surface area (Å²) in [7, 11) is 1.94. The van der Waals surface area contributed by atoms with Crippen LogP contribution in [-0.2, 0) is 0 Å². The second-order valence-corrected chi connectivity index (χ2v) is 5.42. The number of likely N-dealkylation sites (N-methyl/N-ethyl adjacent to an activating group) is 1. The Hall–Kier alpha value is 0.360. The molecule has 0 aliphatic heterocycles. The van der Waals surface area contributed by atoms with E-state index in [9.17, 15) is 0 Å². The van der Waals surface area contributed by atoms with Crippen LogP contribution in [0.2, 0.25) is 0 Å². The number of hydrogen-bond donors (Lipinski definition) is 2. The molecule has 0 radical (unpaired) electrons. The third-order valence-corrected chi connectivity index (χ3v) is 3.37. The van der Waals surface area contributed by atoms with Gasteiger partial charge in [-0.2, -0.15) is 0 Å². The molecule has 0 rings (SSSR count). The van der Waals surface area contributed by atoms with E-state index in [1.807, 2.05) is 11.9 Å². The van der Waals surface area contributed by atoms with Gasteiger partial charge in [-0.25, -0.2) is 0 Å². The summed E-state index contributed by atoms with van der Waals surface area (Å²) in [4.78, 5) is 1.98. The lowest BCUT2D eigenvalue weighted by Gasteiger charge is -2.17. The van der Waals surface area contributed by atoms with Crippen LogP contribution in [0.25, 0.3) is 0 Å². The van der Waals surface area contributed by atoms with E-state index in [1.54, 1.807) is 0 Å². The molecule has 0 fully saturated rings. The molecule has 0 aromatic rings. The Labute approximate surface area is 130 Å². The van der Waals surface area contributed by atoms with Crippen LogP contribution >= 0.6 is 17.0 Å². The molecule has 0 aromatic heterocycles. The van der Waals surface area contributed by atoms with Crippen LogP contribution in [0.3, 0.4) is 0 Å². The van der Waals surface area contributed by atoms with Crippen LogP contribution in [0.15, 0.2) is 0 Å². The molecule has 118 valence electrons. The maximum Gasteiger partial charge on any atom is 0.164 e. The topological polar surface area (TPSA) is 43.7 Å². The smallest absolute Gasteiger partial charge is 0.164 e. The quantitative estimate of drug-likeness (QED) is 0.397. The van der Waals surface area contributed by atoms with Crippen LogP contribution in [0.4, 0.5) is 0 Å². The molecular weight excluding hydrogens is 306 g/mol. The van der Waals surface area contributed by atoms with E-state index in [4.69, 9.17) is 10.2 Å². The van der Waals surface area contributed by atoms with Gasteiger partial charge in [0.25, 0.3) is 0 Å². The fourth-order valence-corrected chi connectivity index (χ4v) is 2.24. The van der Waals surface area contributed by atoms with Crippen molar-refractivity contribution >= 4 is 17.0 Å². The van der Waals surface area contributed by atoms with E-state index in [1.165, 1.54) is 64.2 Å². The molecule has 0 amide bonds. The van der Waals surface area contributed by atoms with Gasteiger partial charge in [-0.15, -0.1) is 17.0 Å². The van der Waals surface area contributed by atoms with Crippen molar-refractivity contribution in [1.82, 2.24) is 4.90 Å². The zero-order chi connectivity index (χ0) is 13.6. The minimum absolute atomic E-state index is 0. The summed E-state index contributed by atoms with van der Waals surface area (Å²) in [6.45, 7) is 3.58. The lowest BCUT2D eigenvalue weighted by Crippen LogP contribution is -2.29. The molecule has 0 bridgehead atoms. The zero-order valence-electron chi connectivity index (χ0n) is 12.8. The molecule has 0 atom stereocenters. The fourth-order valence-electron chi connectivity index (χ4n) is 2.24. The molecule has 0 aromatic carbocycles.